The molecule has 3 aromatic rings. The quantitative estimate of drug-likeness (QED) is 0.189. The maximum atomic E-state index is 14.6. The number of ether oxygens (including phenoxy) is 3. The van der Waals surface area contributed by atoms with E-state index in [4.69, 9.17) is 14.2 Å². The number of nitrogens with zero attached hydrogens (tertiary/aromatic N) is 3. The molecule has 8 rings (SSSR count). The van der Waals surface area contributed by atoms with E-state index in [0.717, 1.165) is 27.2 Å². The first kappa shape index (κ1) is 27.9. The number of anilines is 1. The number of methoxy groups -OCH3 is 1. The number of nitrogens with one attached hydrogen (secondary N) is 1. The summed E-state index contributed by atoms with van der Waals surface area (Å²) < 4.78 is 16.5. The van der Waals surface area contributed by atoms with Gasteiger partial charge in [-0.25, -0.2) is 10.3 Å². The maximum absolute atomic E-state index is 14.6. The molecule has 2 aliphatic heterocycles. The number of nitro groups is 1. The van der Waals surface area contributed by atoms with Gasteiger partial charge in [0.2, 0.25) is 17.7 Å². The topological polar surface area (TPSA) is 150 Å². The minimum atomic E-state index is -1.21. The number of nitro benzene ring substituents is 1. The van der Waals surface area contributed by atoms with Gasteiger partial charge in [-0.15, -0.1) is 0 Å². The van der Waals surface area contributed by atoms with E-state index in [9.17, 15) is 24.5 Å². The SMILES string of the molecule is COc1cc([N+](=O)[O-])ccc1N1C(=O)[C@@H]2C3c4ccccc4C(/C=N\NC(=O)CC4(C)OCCO4)(c4ccccc43)[C@@H]2C1=O. The predicted octanol–water partition coefficient (Wildman–Crippen LogP) is 3.41. The van der Waals surface area contributed by atoms with E-state index in [1.54, 1.807) is 13.1 Å². The number of hydrogen-bond donors (Lipinski definition) is 1. The molecule has 1 N–H and O–H groups in total. The third kappa shape index (κ3) is 3.91. The average Bonchev–Trinajstić information content (AvgIpc) is 3.57. The van der Waals surface area contributed by atoms with E-state index in [1.807, 2.05) is 48.5 Å². The standard InChI is InChI=1S/C32H28N4O8/c1-31(43-13-14-44-31)16-25(37)34-33-17-32-21-9-5-3-7-19(21)26(20-8-4-6-10-22(20)32)27-28(32)30(39)35(29(27)38)23-12-11-18(36(40)41)15-24(23)42-2/h3-12,15,17,26-28H,13-14,16H2,1-2H3,(H,34,37)/b33-17-/t26?,27-,28+,32?/m1/s1. The first-order chi connectivity index (χ1) is 21.2. The fourth-order valence-corrected chi connectivity index (χ4v) is 7.45. The van der Waals surface area contributed by atoms with Gasteiger partial charge in [0.05, 0.1) is 60.7 Å². The summed E-state index contributed by atoms with van der Waals surface area (Å²) in [4.78, 5) is 53.8. The summed E-state index contributed by atoms with van der Waals surface area (Å²) in [5.74, 6) is -4.51. The molecule has 12 nitrogen and oxygen atoms in total. The zero-order valence-corrected chi connectivity index (χ0v) is 23.9. The summed E-state index contributed by atoms with van der Waals surface area (Å²) in [6, 6.07) is 19.1. The van der Waals surface area contributed by atoms with Crippen molar-refractivity contribution in [2.45, 2.75) is 30.5 Å². The van der Waals surface area contributed by atoms with Crippen molar-refractivity contribution in [1.82, 2.24) is 5.43 Å². The second-order valence-corrected chi connectivity index (χ2v) is 11.5. The number of hydrazone groups is 1. The van der Waals surface area contributed by atoms with Crippen LogP contribution in [0.4, 0.5) is 11.4 Å². The Labute approximate surface area is 251 Å². The van der Waals surface area contributed by atoms with Gasteiger partial charge in [0.25, 0.3) is 5.69 Å². The Morgan fingerprint density at radius 2 is 1.70 bits per heavy atom. The van der Waals surface area contributed by atoms with Crippen molar-refractivity contribution in [3.05, 3.63) is 99.1 Å². The summed E-state index contributed by atoms with van der Waals surface area (Å²) in [7, 11) is 1.33. The maximum Gasteiger partial charge on any atom is 0.273 e. The molecule has 3 aromatic carbocycles. The zero-order chi connectivity index (χ0) is 30.8. The van der Waals surface area contributed by atoms with Crippen molar-refractivity contribution in [3.63, 3.8) is 0 Å². The highest BCUT2D eigenvalue weighted by Crippen LogP contribution is 2.64. The van der Waals surface area contributed by atoms with Crippen LogP contribution >= 0.6 is 0 Å². The van der Waals surface area contributed by atoms with Gasteiger partial charge in [0, 0.05) is 18.2 Å². The van der Waals surface area contributed by atoms with Crippen molar-refractivity contribution >= 4 is 35.3 Å². The number of carbonyl (C=O) groups is 3. The smallest absolute Gasteiger partial charge is 0.273 e. The Hall–Kier alpha value is -4.94. The summed E-state index contributed by atoms with van der Waals surface area (Å²) in [6.07, 6.45) is 1.49. The average molecular weight is 597 g/mol. The molecule has 0 unspecified atom stereocenters. The second kappa shape index (κ2) is 10.1. The molecule has 5 aliphatic rings. The Morgan fingerprint density at radius 3 is 2.32 bits per heavy atom. The molecule has 2 saturated heterocycles. The van der Waals surface area contributed by atoms with E-state index in [0.29, 0.717) is 13.2 Å². The van der Waals surface area contributed by atoms with Gasteiger partial charge in [0.15, 0.2) is 5.79 Å². The van der Waals surface area contributed by atoms with Crippen molar-refractivity contribution in [3.8, 4) is 5.75 Å². The van der Waals surface area contributed by atoms with Gasteiger partial charge in [-0.3, -0.25) is 24.5 Å². The van der Waals surface area contributed by atoms with Crippen LogP contribution in [0.25, 0.3) is 0 Å². The molecule has 2 bridgehead atoms. The van der Waals surface area contributed by atoms with Gasteiger partial charge in [-0.1, -0.05) is 48.5 Å². The molecule has 2 atom stereocenters. The molecule has 44 heavy (non-hydrogen) atoms. The number of carbonyl (C=O) groups excluding carboxylic acids is 3. The summed E-state index contributed by atoms with van der Waals surface area (Å²) in [5, 5.41) is 15.8. The summed E-state index contributed by atoms with van der Waals surface area (Å²) in [5.41, 5.74) is 4.68. The Kier molecular flexibility index (Phi) is 6.38. The number of non-ortho nitro benzene ring substituents is 1. The first-order valence-corrected chi connectivity index (χ1v) is 14.2. The minimum Gasteiger partial charge on any atom is -0.494 e. The van der Waals surface area contributed by atoms with E-state index in [2.05, 4.69) is 10.5 Å². The van der Waals surface area contributed by atoms with Gasteiger partial charge < -0.3 is 14.2 Å². The highest BCUT2D eigenvalue weighted by molar-refractivity contribution is 6.25. The van der Waals surface area contributed by atoms with E-state index >= 15 is 0 Å². The number of imide groups is 1. The van der Waals surface area contributed by atoms with Gasteiger partial charge in [0.1, 0.15) is 5.75 Å². The number of amides is 3. The van der Waals surface area contributed by atoms with Crippen molar-refractivity contribution in [2.75, 3.05) is 25.2 Å². The van der Waals surface area contributed by atoms with Crippen LogP contribution in [0, 0.1) is 22.0 Å². The Bertz CT molecular complexity index is 1720. The van der Waals surface area contributed by atoms with Crippen LogP contribution in [0.1, 0.15) is 41.5 Å². The molecule has 2 heterocycles. The Morgan fingerprint density at radius 1 is 1.07 bits per heavy atom. The third-order valence-corrected chi connectivity index (χ3v) is 9.14. The lowest BCUT2D eigenvalue weighted by Crippen LogP contribution is -2.54. The molecule has 12 heteroatoms. The molecule has 0 spiro atoms. The molecule has 3 aliphatic carbocycles. The third-order valence-electron chi connectivity index (χ3n) is 9.14. The van der Waals surface area contributed by atoms with Crippen LogP contribution in [-0.4, -0.2) is 55.0 Å². The van der Waals surface area contributed by atoms with E-state index < -0.39 is 51.6 Å². The monoisotopic (exact) mass is 596 g/mol. The number of rotatable bonds is 7. The zero-order valence-electron chi connectivity index (χ0n) is 23.9. The summed E-state index contributed by atoms with van der Waals surface area (Å²) >= 11 is 0. The first-order valence-electron chi connectivity index (χ1n) is 14.2. The van der Waals surface area contributed by atoms with Crippen LogP contribution in [-0.2, 0) is 29.3 Å². The fourth-order valence-electron chi connectivity index (χ4n) is 7.45. The van der Waals surface area contributed by atoms with Crippen LogP contribution in [0.15, 0.2) is 71.8 Å². The Balaban J connectivity index is 1.36. The highest BCUT2D eigenvalue weighted by Gasteiger charge is 2.68. The lowest BCUT2D eigenvalue weighted by Gasteiger charge is -2.52. The van der Waals surface area contributed by atoms with Crippen molar-refractivity contribution in [1.29, 1.82) is 0 Å². The van der Waals surface area contributed by atoms with Crippen LogP contribution in [0.3, 0.4) is 0 Å². The predicted molar refractivity (Wildman–Crippen MR) is 156 cm³/mol. The molecule has 0 radical (unpaired) electrons. The normalized spacial score (nSPS) is 26.0. The lowest BCUT2D eigenvalue weighted by atomic mass is 9.47. The van der Waals surface area contributed by atoms with Gasteiger partial charge in [-0.2, -0.15) is 5.10 Å². The number of hydrogen-bond acceptors (Lipinski definition) is 9. The summed E-state index contributed by atoms with van der Waals surface area (Å²) in [6.45, 7) is 2.46. The molecule has 0 saturated carbocycles. The molecule has 224 valence electrons. The molecular weight excluding hydrogens is 568 g/mol. The van der Waals surface area contributed by atoms with Crippen LogP contribution < -0.4 is 15.1 Å². The van der Waals surface area contributed by atoms with Gasteiger partial charge >= 0.3 is 0 Å². The van der Waals surface area contributed by atoms with Crippen molar-refractivity contribution < 1.29 is 33.5 Å². The lowest BCUT2D eigenvalue weighted by molar-refractivity contribution is -0.384. The molecule has 0 aromatic heterocycles. The fraction of sp³-hybridized carbons (Fsp3) is 0.312. The van der Waals surface area contributed by atoms with E-state index in [1.165, 1.54) is 25.3 Å². The minimum absolute atomic E-state index is 0.0294. The van der Waals surface area contributed by atoms with Crippen molar-refractivity contribution in [2.24, 2.45) is 16.9 Å². The van der Waals surface area contributed by atoms with Crippen LogP contribution in [0.5, 0.6) is 5.75 Å². The van der Waals surface area contributed by atoms with E-state index in [-0.39, 0.29) is 23.5 Å². The number of benzene rings is 3. The van der Waals surface area contributed by atoms with Gasteiger partial charge in [-0.05, 0) is 35.2 Å². The largest absolute Gasteiger partial charge is 0.494 e. The molecular formula is C32H28N4O8. The highest BCUT2D eigenvalue weighted by atomic mass is 16.7. The molecule has 2 fully saturated rings. The molecule has 3 amide bonds. The second-order valence-electron chi connectivity index (χ2n) is 11.5. The van der Waals surface area contributed by atoms with Crippen LogP contribution in [0.2, 0.25) is 0 Å².